The number of rotatable bonds is 5. The van der Waals surface area contributed by atoms with Gasteiger partial charge in [-0.3, -0.25) is 4.79 Å². The molecule has 118 valence electrons. The zero-order valence-electron chi connectivity index (χ0n) is 12.0. The van der Waals surface area contributed by atoms with E-state index < -0.39 is 10.0 Å². The summed E-state index contributed by atoms with van der Waals surface area (Å²) in [5.41, 5.74) is 0.344. The third kappa shape index (κ3) is 4.77. The summed E-state index contributed by atoms with van der Waals surface area (Å²) in [6, 6.07) is 1.32. The first kappa shape index (κ1) is 16.4. The fraction of sp³-hybridized carbons (Fsp3) is 0.615. The summed E-state index contributed by atoms with van der Waals surface area (Å²) in [7, 11) is -3.73. The summed E-state index contributed by atoms with van der Waals surface area (Å²) in [4.78, 5) is 14.3. The Morgan fingerprint density at radius 1 is 1.48 bits per heavy atom. The van der Waals surface area contributed by atoms with E-state index in [1.807, 2.05) is 0 Å². The number of piperidine rings is 1. The van der Waals surface area contributed by atoms with Crippen molar-refractivity contribution in [3.8, 4) is 0 Å². The van der Waals surface area contributed by atoms with Crippen molar-refractivity contribution in [2.24, 2.45) is 11.1 Å². The molecule has 1 saturated heterocycles. The fourth-order valence-corrected chi connectivity index (χ4v) is 3.89. The van der Waals surface area contributed by atoms with Gasteiger partial charge in [-0.15, -0.1) is 11.3 Å². The molecule has 0 unspecified atom stereocenters. The minimum atomic E-state index is -3.73. The maximum absolute atomic E-state index is 11.9. The van der Waals surface area contributed by atoms with E-state index in [1.54, 1.807) is 0 Å². The highest BCUT2D eigenvalue weighted by atomic mass is 32.2. The Balaban J connectivity index is 1.78. The second kappa shape index (κ2) is 6.87. The Labute approximate surface area is 129 Å². The molecular weight excluding hydrogens is 310 g/mol. The monoisotopic (exact) mass is 331 g/mol. The van der Waals surface area contributed by atoms with Crippen molar-refractivity contribution in [3.05, 3.63) is 17.0 Å². The number of nitrogens with two attached hydrogens (primary N) is 1. The molecule has 1 aromatic heterocycles. The SMILES string of the molecule is CC1CCN(CCNC(=O)c2csc(S(N)(=O)=O)c2)CC1. The number of hydrogen-bond donors (Lipinski definition) is 2. The molecule has 3 N–H and O–H groups in total. The van der Waals surface area contributed by atoms with E-state index in [2.05, 4.69) is 17.1 Å². The van der Waals surface area contributed by atoms with Crippen LogP contribution in [-0.4, -0.2) is 45.4 Å². The minimum Gasteiger partial charge on any atom is -0.351 e. The molecule has 1 amide bonds. The van der Waals surface area contributed by atoms with Gasteiger partial charge in [0.2, 0.25) is 10.0 Å². The molecule has 0 atom stereocenters. The van der Waals surface area contributed by atoms with Gasteiger partial charge in [-0.05, 0) is 37.9 Å². The number of thiophene rings is 1. The maximum atomic E-state index is 11.9. The van der Waals surface area contributed by atoms with Crippen LogP contribution in [0.2, 0.25) is 0 Å². The van der Waals surface area contributed by atoms with Crippen LogP contribution in [-0.2, 0) is 10.0 Å². The van der Waals surface area contributed by atoms with Gasteiger partial charge in [0, 0.05) is 18.5 Å². The topological polar surface area (TPSA) is 92.5 Å². The largest absolute Gasteiger partial charge is 0.351 e. The molecular formula is C13H21N3O3S2. The fourth-order valence-electron chi connectivity index (χ4n) is 2.30. The summed E-state index contributed by atoms with van der Waals surface area (Å²) >= 11 is 0.962. The van der Waals surface area contributed by atoms with Crippen LogP contribution in [0.3, 0.4) is 0 Å². The van der Waals surface area contributed by atoms with E-state index in [0.717, 1.165) is 36.9 Å². The van der Waals surface area contributed by atoms with Crippen molar-refractivity contribution in [1.29, 1.82) is 0 Å². The lowest BCUT2D eigenvalue weighted by molar-refractivity contribution is 0.0945. The number of nitrogens with zero attached hydrogens (tertiary/aromatic N) is 1. The molecule has 1 aliphatic rings. The summed E-state index contributed by atoms with van der Waals surface area (Å²) in [6.45, 7) is 5.80. The van der Waals surface area contributed by atoms with Gasteiger partial charge >= 0.3 is 0 Å². The molecule has 2 rings (SSSR count). The molecule has 0 saturated carbocycles. The Kier molecular flexibility index (Phi) is 5.37. The van der Waals surface area contributed by atoms with Gasteiger partial charge in [0.25, 0.3) is 5.91 Å². The van der Waals surface area contributed by atoms with Crippen LogP contribution in [0.4, 0.5) is 0 Å². The molecule has 1 aromatic rings. The molecule has 0 bridgehead atoms. The van der Waals surface area contributed by atoms with Crippen LogP contribution in [0.25, 0.3) is 0 Å². The van der Waals surface area contributed by atoms with Gasteiger partial charge in [-0.25, -0.2) is 13.6 Å². The van der Waals surface area contributed by atoms with Gasteiger partial charge < -0.3 is 10.2 Å². The zero-order valence-corrected chi connectivity index (χ0v) is 13.7. The van der Waals surface area contributed by atoms with Crippen LogP contribution >= 0.6 is 11.3 Å². The number of sulfonamides is 1. The molecule has 0 aliphatic carbocycles. The van der Waals surface area contributed by atoms with E-state index in [0.29, 0.717) is 12.1 Å². The Morgan fingerprint density at radius 2 is 2.14 bits per heavy atom. The third-order valence-corrected chi connectivity index (χ3v) is 6.09. The van der Waals surface area contributed by atoms with E-state index in [1.165, 1.54) is 24.3 Å². The number of nitrogens with one attached hydrogen (secondary N) is 1. The maximum Gasteiger partial charge on any atom is 0.252 e. The van der Waals surface area contributed by atoms with Crippen LogP contribution in [0, 0.1) is 5.92 Å². The second-order valence-electron chi connectivity index (χ2n) is 5.48. The average molecular weight is 331 g/mol. The van der Waals surface area contributed by atoms with E-state index >= 15 is 0 Å². The predicted octanol–water partition coefficient (Wildman–Crippen LogP) is 0.857. The molecule has 6 nitrogen and oxygen atoms in total. The van der Waals surface area contributed by atoms with Gasteiger partial charge in [-0.2, -0.15) is 0 Å². The minimum absolute atomic E-state index is 0.0117. The highest BCUT2D eigenvalue weighted by Crippen LogP contribution is 2.18. The smallest absolute Gasteiger partial charge is 0.252 e. The molecule has 0 spiro atoms. The number of hydrogen-bond acceptors (Lipinski definition) is 5. The first-order valence-corrected chi connectivity index (χ1v) is 9.41. The molecule has 8 heteroatoms. The molecule has 2 heterocycles. The Hall–Kier alpha value is -0.960. The number of amides is 1. The van der Waals surface area contributed by atoms with Crippen molar-refractivity contribution in [1.82, 2.24) is 10.2 Å². The van der Waals surface area contributed by atoms with Gasteiger partial charge in [0.1, 0.15) is 4.21 Å². The van der Waals surface area contributed by atoms with E-state index in [4.69, 9.17) is 5.14 Å². The number of carbonyl (C=O) groups excluding carboxylic acids is 1. The lowest BCUT2D eigenvalue weighted by Gasteiger charge is -2.30. The van der Waals surface area contributed by atoms with Crippen LogP contribution in [0.1, 0.15) is 30.1 Å². The van der Waals surface area contributed by atoms with E-state index in [-0.39, 0.29) is 10.1 Å². The van der Waals surface area contributed by atoms with Crippen LogP contribution < -0.4 is 10.5 Å². The quantitative estimate of drug-likeness (QED) is 0.837. The molecule has 1 aliphatic heterocycles. The molecule has 0 radical (unpaired) electrons. The summed E-state index contributed by atoms with van der Waals surface area (Å²) in [6.07, 6.45) is 2.41. The number of carbonyl (C=O) groups is 1. The van der Waals surface area contributed by atoms with Crippen molar-refractivity contribution in [2.45, 2.75) is 24.0 Å². The third-order valence-electron chi connectivity index (χ3n) is 3.71. The Bertz CT molecular complexity index is 590. The lowest BCUT2D eigenvalue weighted by atomic mass is 9.99. The van der Waals surface area contributed by atoms with Crippen molar-refractivity contribution in [3.63, 3.8) is 0 Å². The van der Waals surface area contributed by atoms with Gasteiger partial charge in [0.05, 0.1) is 5.56 Å². The standard InChI is InChI=1S/C13H21N3O3S2/c1-10-2-5-16(6-3-10)7-4-15-13(17)11-8-12(20-9-11)21(14,18)19/h8-10H,2-7H2,1H3,(H,15,17)(H2,14,18,19). The molecule has 1 fully saturated rings. The number of primary sulfonamides is 1. The highest BCUT2D eigenvalue weighted by molar-refractivity contribution is 7.91. The lowest BCUT2D eigenvalue weighted by Crippen LogP contribution is -2.39. The zero-order chi connectivity index (χ0) is 15.5. The molecule has 0 aromatic carbocycles. The normalized spacial score (nSPS) is 17.8. The highest BCUT2D eigenvalue weighted by Gasteiger charge is 2.17. The summed E-state index contributed by atoms with van der Waals surface area (Å²) in [5, 5.41) is 9.35. The first-order valence-electron chi connectivity index (χ1n) is 6.98. The van der Waals surface area contributed by atoms with Crippen LogP contribution in [0.15, 0.2) is 15.7 Å². The molecule has 21 heavy (non-hydrogen) atoms. The number of likely N-dealkylation sites (tertiary alicyclic amines) is 1. The van der Waals surface area contributed by atoms with Crippen molar-refractivity contribution in [2.75, 3.05) is 26.2 Å². The summed E-state index contributed by atoms with van der Waals surface area (Å²) in [5.74, 6) is 0.532. The first-order chi connectivity index (χ1) is 9.86. The second-order valence-corrected chi connectivity index (χ2v) is 8.18. The average Bonchev–Trinajstić information content (AvgIpc) is 2.90. The Morgan fingerprint density at radius 3 is 2.71 bits per heavy atom. The van der Waals surface area contributed by atoms with Crippen molar-refractivity contribution >= 4 is 27.3 Å². The van der Waals surface area contributed by atoms with Crippen LogP contribution in [0.5, 0.6) is 0 Å². The van der Waals surface area contributed by atoms with E-state index in [9.17, 15) is 13.2 Å². The van der Waals surface area contributed by atoms with Crippen molar-refractivity contribution < 1.29 is 13.2 Å². The van der Waals surface area contributed by atoms with Gasteiger partial charge in [0.15, 0.2) is 0 Å². The predicted molar refractivity (Wildman–Crippen MR) is 82.9 cm³/mol. The summed E-state index contributed by atoms with van der Waals surface area (Å²) < 4.78 is 22.3. The van der Waals surface area contributed by atoms with Gasteiger partial charge in [-0.1, -0.05) is 6.92 Å².